The van der Waals surface area contributed by atoms with Crippen molar-refractivity contribution in [3.05, 3.63) is 34.5 Å². The van der Waals surface area contributed by atoms with Crippen molar-refractivity contribution >= 4 is 28.5 Å². The molecule has 0 bridgehead atoms. The number of aryl methyl sites for hydroxylation is 1. The monoisotopic (exact) mass is 253 g/mol. The van der Waals surface area contributed by atoms with Crippen LogP contribution in [0.4, 0.5) is 0 Å². The molecule has 0 saturated carbocycles. The van der Waals surface area contributed by atoms with Crippen molar-refractivity contribution in [2.45, 2.75) is 13.0 Å². The fourth-order valence-electron chi connectivity index (χ4n) is 1.77. The van der Waals surface area contributed by atoms with Gasteiger partial charge in [-0.15, -0.1) is 0 Å². The van der Waals surface area contributed by atoms with Crippen molar-refractivity contribution in [1.82, 2.24) is 4.98 Å². The average molecular weight is 254 g/mol. The molecule has 0 saturated heterocycles. The molecule has 0 spiro atoms. The first kappa shape index (κ1) is 12.0. The molecule has 0 aliphatic carbocycles. The van der Waals surface area contributed by atoms with Crippen LogP contribution in [-0.2, 0) is 9.53 Å². The van der Waals surface area contributed by atoms with Gasteiger partial charge in [0, 0.05) is 22.2 Å². The van der Waals surface area contributed by atoms with Gasteiger partial charge in [-0.05, 0) is 19.1 Å². The summed E-state index contributed by atoms with van der Waals surface area (Å²) in [4.78, 5) is 14.4. The van der Waals surface area contributed by atoms with Crippen molar-refractivity contribution in [1.29, 1.82) is 0 Å². The predicted molar refractivity (Wildman–Crippen MR) is 65.0 cm³/mol. The van der Waals surface area contributed by atoms with Gasteiger partial charge in [-0.3, -0.25) is 0 Å². The maximum absolute atomic E-state index is 11.3. The standard InChI is InChI=1S/C12H12ClNO3/c1-6-5-8-9(14-6)4-3-7(10(8)13)11(15)12(16)17-2/h3-5,11,14-15H,1-2H3. The van der Waals surface area contributed by atoms with E-state index in [-0.39, 0.29) is 0 Å². The number of aliphatic hydroxyl groups is 1. The van der Waals surface area contributed by atoms with Crippen molar-refractivity contribution in [3.8, 4) is 0 Å². The first-order valence-electron chi connectivity index (χ1n) is 5.08. The van der Waals surface area contributed by atoms with Gasteiger partial charge < -0.3 is 14.8 Å². The summed E-state index contributed by atoms with van der Waals surface area (Å²) in [6.45, 7) is 1.91. The first-order valence-corrected chi connectivity index (χ1v) is 5.46. The number of aliphatic hydroxyl groups excluding tert-OH is 1. The van der Waals surface area contributed by atoms with E-state index >= 15 is 0 Å². The van der Waals surface area contributed by atoms with Gasteiger partial charge in [0.05, 0.1) is 12.1 Å². The van der Waals surface area contributed by atoms with Crippen molar-refractivity contribution in [2.24, 2.45) is 0 Å². The second-order valence-electron chi connectivity index (χ2n) is 3.81. The molecule has 1 aromatic carbocycles. The van der Waals surface area contributed by atoms with Crippen LogP contribution < -0.4 is 0 Å². The highest BCUT2D eigenvalue weighted by molar-refractivity contribution is 6.36. The third kappa shape index (κ3) is 2.01. The molecule has 0 fully saturated rings. The molecule has 0 amide bonds. The number of ether oxygens (including phenoxy) is 1. The zero-order chi connectivity index (χ0) is 12.6. The van der Waals surface area contributed by atoms with Gasteiger partial charge in [-0.1, -0.05) is 17.7 Å². The van der Waals surface area contributed by atoms with Gasteiger partial charge in [0.25, 0.3) is 0 Å². The van der Waals surface area contributed by atoms with Gasteiger partial charge in [0.1, 0.15) is 0 Å². The fraction of sp³-hybridized carbons (Fsp3) is 0.250. The fourth-order valence-corrected chi connectivity index (χ4v) is 2.10. The Kier molecular flexibility index (Phi) is 3.09. The van der Waals surface area contributed by atoms with E-state index in [1.807, 2.05) is 13.0 Å². The summed E-state index contributed by atoms with van der Waals surface area (Å²) in [6, 6.07) is 5.25. The van der Waals surface area contributed by atoms with Crippen LogP contribution in [0, 0.1) is 6.92 Å². The number of H-pyrrole nitrogens is 1. The minimum Gasteiger partial charge on any atom is -0.467 e. The summed E-state index contributed by atoms with van der Waals surface area (Å²) >= 11 is 6.16. The Bertz CT molecular complexity index is 576. The summed E-state index contributed by atoms with van der Waals surface area (Å²) in [5, 5.41) is 10.9. The number of esters is 1. The lowest BCUT2D eigenvalue weighted by molar-refractivity contribution is -0.150. The Morgan fingerprint density at radius 3 is 2.88 bits per heavy atom. The smallest absolute Gasteiger partial charge is 0.339 e. The van der Waals surface area contributed by atoms with E-state index in [4.69, 9.17) is 11.6 Å². The van der Waals surface area contributed by atoms with Gasteiger partial charge in [-0.25, -0.2) is 4.79 Å². The number of aromatic nitrogens is 1. The molecule has 2 aromatic rings. The Hall–Kier alpha value is -1.52. The molecule has 2 rings (SSSR count). The van der Waals surface area contributed by atoms with Crippen LogP contribution in [0.5, 0.6) is 0 Å². The lowest BCUT2D eigenvalue weighted by Gasteiger charge is -2.10. The maximum atomic E-state index is 11.3. The van der Waals surface area contributed by atoms with E-state index in [2.05, 4.69) is 9.72 Å². The molecular weight excluding hydrogens is 242 g/mol. The van der Waals surface area contributed by atoms with E-state index in [1.54, 1.807) is 12.1 Å². The second kappa shape index (κ2) is 4.39. The quantitative estimate of drug-likeness (QED) is 0.808. The normalized spacial score (nSPS) is 12.7. The van der Waals surface area contributed by atoms with Crippen molar-refractivity contribution in [2.75, 3.05) is 7.11 Å². The summed E-state index contributed by atoms with van der Waals surface area (Å²) in [7, 11) is 1.22. The number of rotatable bonds is 2. The first-order chi connectivity index (χ1) is 8.04. The number of hydrogen-bond donors (Lipinski definition) is 2. The molecule has 17 heavy (non-hydrogen) atoms. The highest BCUT2D eigenvalue weighted by Crippen LogP contribution is 2.31. The molecule has 1 heterocycles. The Balaban J connectivity index is 2.55. The summed E-state index contributed by atoms with van der Waals surface area (Å²) in [5.74, 6) is -0.724. The minimum absolute atomic E-state index is 0.352. The molecule has 5 heteroatoms. The molecule has 0 aliphatic heterocycles. The molecule has 0 radical (unpaired) electrons. The number of carbonyl (C=O) groups excluding carboxylic acids is 1. The van der Waals surface area contributed by atoms with Gasteiger partial charge in [0.2, 0.25) is 0 Å². The van der Waals surface area contributed by atoms with Crippen LogP contribution in [0.15, 0.2) is 18.2 Å². The lowest BCUT2D eigenvalue weighted by Crippen LogP contribution is -2.13. The molecule has 1 atom stereocenters. The van der Waals surface area contributed by atoms with Crippen molar-refractivity contribution in [3.63, 3.8) is 0 Å². The third-order valence-electron chi connectivity index (χ3n) is 2.62. The Morgan fingerprint density at radius 2 is 2.24 bits per heavy atom. The highest BCUT2D eigenvalue weighted by Gasteiger charge is 2.22. The van der Waals surface area contributed by atoms with E-state index in [9.17, 15) is 9.90 Å². The van der Waals surface area contributed by atoms with Crippen LogP contribution in [0.1, 0.15) is 17.4 Å². The number of fused-ring (bicyclic) bond motifs is 1. The van der Waals surface area contributed by atoms with Crippen molar-refractivity contribution < 1.29 is 14.6 Å². The SMILES string of the molecule is COC(=O)C(O)c1ccc2[nH]c(C)cc2c1Cl. The van der Waals surface area contributed by atoms with E-state index in [1.165, 1.54) is 7.11 Å². The van der Waals surface area contributed by atoms with Crippen LogP contribution in [0.2, 0.25) is 5.02 Å². The number of aromatic amines is 1. The van der Waals surface area contributed by atoms with Crippen LogP contribution in [0.3, 0.4) is 0 Å². The molecule has 1 aromatic heterocycles. The highest BCUT2D eigenvalue weighted by atomic mass is 35.5. The van der Waals surface area contributed by atoms with Crippen LogP contribution >= 0.6 is 11.6 Å². The second-order valence-corrected chi connectivity index (χ2v) is 4.19. The van der Waals surface area contributed by atoms with E-state index in [0.717, 1.165) is 16.6 Å². The average Bonchev–Trinajstić information content (AvgIpc) is 2.69. The largest absolute Gasteiger partial charge is 0.467 e. The van der Waals surface area contributed by atoms with E-state index < -0.39 is 12.1 Å². The van der Waals surface area contributed by atoms with Crippen LogP contribution in [-0.4, -0.2) is 23.2 Å². The molecule has 90 valence electrons. The summed E-state index contributed by atoms with van der Waals surface area (Å²) in [6.07, 6.45) is -1.35. The number of hydrogen-bond acceptors (Lipinski definition) is 3. The third-order valence-corrected chi connectivity index (χ3v) is 3.04. The summed E-state index contributed by atoms with van der Waals surface area (Å²) in [5.41, 5.74) is 2.19. The molecule has 4 nitrogen and oxygen atoms in total. The molecule has 0 aliphatic rings. The minimum atomic E-state index is -1.35. The predicted octanol–water partition coefficient (Wildman–Crippen LogP) is 2.34. The number of carbonyl (C=O) groups is 1. The van der Waals surface area contributed by atoms with Crippen LogP contribution in [0.25, 0.3) is 10.9 Å². The zero-order valence-electron chi connectivity index (χ0n) is 9.45. The van der Waals surface area contributed by atoms with Gasteiger partial charge in [0.15, 0.2) is 6.10 Å². The molecule has 2 N–H and O–H groups in total. The molecular formula is C12H12ClNO3. The summed E-state index contributed by atoms with van der Waals surface area (Å²) < 4.78 is 4.48. The maximum Gasteiger partial charge on any atom is 0.339 e. The van der Waals surface area contributed by atoms with E-state index in [0.29, 0.717) is 10.6 Å². The topological polar surface area (TPSA) is 62.3 Å². The Labute approximate surface area is 103 Å². The number of benzene rings is 1. The zero-order valence-corrected chi connectivity index (χ0v) is 10.2. The number of nitrogens with one attached hydrogen (secondary N) is 1. The number of methoxy groups -OCH3 is 1. The Morgan fingerprint density at radius 1 is 1.53 bits per heavy atom. The van der Waals surface area contributed by atoms with Gasteiger partial charge in [-0.2, -0.15) is 0 Å². The van der Waals surface area contributed by atoms with Gasteiger partial charge >= 0.3 is 5.97 Å². The number of halogens is 1. The molecule has 1 unspecified atom stereocenters. The lowest BCUT2D eigenvalue weighted by atomic mass is 10.1.